The summed E-state index contributed by atoms with van der Waals surface area (Å²) >= 11 is 0. The van der Waals surface area contributed by atoms with Gasteiger partial charge >= 0.3 is 6.03 Å². The highest BCUT2D eigenvalue weighted by atomic mass is 16.5. The highest BCUT2D eigenvalue weighted by Crippen LogP contribution is 2.18. The monoisotopic (exact) mass is 248 g/mol. The van der Waals surface area contributed by atoms with Gasteiger partial charge in [0, 0.05) is 17.8 Å². The van der Waals surface area contributed by atoms with Crippen LogP contribution in [0.5, 0.6) is 5.75 Å². The topological polar surface area (TPSA) is 50.4 Å². The largest absolute Gasteiger partial charge is 0.496 e. The molecule has 0 radical (unpaired) electrons. The molecule has 0 fully saturated rings. The molecule has 0 aromatic heterocycles. The lowest BCUT2D eigenvalue weighted by molar-refractivity contribution is 0.241. The van der Waals surface area contributed by atoms with Gasteiger partial charge in [-0.2, -0.15) is 0 Å². The maximum Gasteiger partial charge on any atom is 0.318 e. The van der Waals surface area contributed by atoms with Crippen LogP contribution in [-0.4, -0.2) is 19.2 Å². The van der Waals surface area contributed by atoms with E-state index in [9.17, 15) is 4.79 Å². The average molecular weight is 248 g/mol. The van der Waals surface area contributed by atoms with Crippen molar-refractivity contribution in [1.29, 1.82) is 0 Å². The number of para-hydroxylation sites is 1. The fourth-order valence-electron chi connectivity index (χ4n) is 1.38. The zero-order valence-corrected chi connectivity index (χ0v) is 11.1. The second-order valence-electron chi connectivity index (χ2n) is 4.00. The van der Waals surface area contributed by atoms with Crippen LogP contribution >= 0.6 is 0 Å². The number of amides is 2. The van der Waals surface area contributed by atoms with E-state index in [-0.39, 0.29) is 12.1 Å². The first-order valence-electron chi connectivity index (χ1n) is 6.04. The summed E-state index contributed by atoms with van der Waals surface area (Å²) in [5, 5.41) is 5.47. The van der Waals surface area contributed by atoms with Crippen LogP contribution in [0.4, 0.5) is 4.79 Å². The van der Waals surface area contributed by atoms with Crippen molar-refractivity contribution in [2.75, 3.05) is 7.11 Å². The van der Waals surface area contributed by atoms with Gasteiger partial charge in [0.15, 0.2) is 0 Å². The molecule has 0 heterocycles. The van der Waals surface area contributed by atoms with E-state index in [0.717, 1.165) is 17.7 Å². The van der Waals surface area contributed by atoms with Crippen LogP contribution in [0.25, 0.3) is 6.08 Å². The highest BCUT2D eigenvalue weighted by molar-refractivity contribution is 5.76. The van der Waals surface area contributed by atoms with Gasteiger partial charge in [0.25, 0.3) is 0 Å². The van der Waals surface area contributed by atoms with Crippen molar-refractivity contribution in [3.8, 4) is 5.75 Å². The number of hydrogen-bond acceptors (Lipinski definition) is 2. The molecule has 1 atom stereocenters. The maximum absolute atomic E-state index is 11.5. The van der Waals surface area contributed by atoms with E-state index in [2.05, 4.69) is 10.6 Å². The molecule has 1 unspecified atom stereocenters. The normalized spacial score (nSPS) is 12.2. The van der Waals surface area contributed by atoms with Crippen molar-refractivity contribution in [1.82, 2.24) is 10.6 Å². The van der Waals surface area contributed by atoms with Crippen LogP contribution in [0, 0.1) is 0 Å². The van der Waals surface area contributed by atoms with Gasteiger partial charge in [-0.1, -0.05) is 25.1 Å². The lowest BCUT2D eigenvalue weighted by Gasteiger charge is -2.10. The summed E-state index contributed by atoms with van der Waals surface area (Å²) in [6.45, 7) is 3.99. The fourth-order valence-corrected chi connectivity index (χ4v) is 1.38. The predicted molar refractivity (Wildman–Crippen MR) is 73.4 cm³/mol. The Hall–Kier alpha value is -1.97. The fraction of sp³-hybridized carbons (Fsp3) is 0.357. The number of urea groups is 1. The minimum Gasteiger partial charge on any atom is -0.496 e. The summed E-state index contributed by atoms with van der Waals surface area (Å²) in [6, 6.07) is 7.59. The van der Waals surface area contributed by atoms with Gasteiger partial charge in [0.1, 0.15) is 5.75 Å². The number of benzene rings is 1. The van der Waals surface area contributed by atoms with E-state index in [1.54, 1.807) is 19.4 Å². The Morgan fingerprint density at radius 2 is 2.17 bits per heavy atom. The van der Waals surface area contributed by atoms with Gasteiger partial charge in [-0.15, -0.1) is 0 Å². The standard InChI is InChI=1S/C14H20N2O2/c1-4-11(2)16-14(17)15-10-9-12-7-5-6-8-13(12)18-3/h5-11H,4H2,1-3H3,(H2,15,16,17)/b10-9+. The highest BCUT2D eigenvalue weighted by Gasteiger charge is 2.02. The lowest BCUT2D eigenvalue weighted by Crippen LogP contribution is -2.38. The van der Waals surface area contributed by atoms with E-state index < -0.39 is 0 Å². The van der Waals surface area contributed by atoms with Crippen molar-refractivity contribution < 1.29 is 9.53 Å². The van der Waals surface area contributed by atoms with Crippen LogP contribution in [0.3, 0.4) is 0 Å². The van der Waals surface area contributed by atoms with Crippen LogP contribution in [-0.2, 0) is 0 Å². The summed E-state index contributed by atoms with van der Waals surface area (Å²) in [5.41, 5.74) is 0.920. The van der Waals surface area contributed by atoms with Gasteiger partial charge in [-0.05, 0) is 25.5 Å². The summed E-state index contributed by atoms with van der Waals surface area (Å²) in [4.78, 5) is 11.5. The van der Waals surface area contributed by atoms with E-state index in [4.69, 9.17) is 4.74 Å². The number of hydrogen-bond donors (Lipinski definition) is 2. The molecule has 1 aromatic carbocycles. The summed E-state index contributed by atoms with van der Waals surface area (Å²) in [7, 11) is 1.62. The van der Waals surface area contributed by atoms with E-state index in [0.29, 0.717) is 0 Å². The smallest absolute Gasteiger partial charge is 0.318 e. The second-order valence-corrected chi connectivity index (χ2v) is 4.00. The molecule has 0 aliphatic heterocycles. The Bertz CT molecular complexity index is 416. The predicted octanol–water partition coefficient (Wildman–Crippen LogP) is 2.76. The van der Waals surface area contributed by atoms with Gasteiger partial charge in [0.2, 0.25) is 0 Å². The molecule has 0 bridgehead atoms. The molecule has 98 valence electrons. The molecular weight excluding hydrogens is 228 g/mol. The van der Waals surface area contributed by atoms with Gasteiger partial charge in [0.05, 0.1) is 7.11 Å². The van der Waals surface area contributed by atoms with E-state index in [1.807, 2.05) is 38.1 Å². The SMILES string of the molecule is CCC(C)NC(=O)N/C=C/c1ccccc1OC. The molecule has 4 heteroatoms. The Morgan fingerprint density at radius 3 is 2.83 bits per heavy atom. The van der Waals surface area contributed by atoms with E-state index >= 15 is 0 Å². The molecule has 1 rings (SSSR count). The zero-order chi connectivity index (χ0) is 13.4. The molecule has 1 aromatic rings. The molecule has 4 nitrogen and oxygen atoms in total. The number of carbonyl (C=O) groups is 1. The quantitative estimate of drug-likeness (QED) is 0.841. The van der Waals surface area contributed by atoms with Crippen molar-refractivity contribution in [2.24, 2.45) is 0 Å². The number of nitrogens with one attached hydrogen (secondary N) is 2. The molecule has 0 aliphatic rings. The number of carbonyl (C=O) groups excluding carboxylic acids is 1. The molecule has 0 saturated heterocycles. The Labute approximate surface area is 108 Å². The second kappa shape index (κ2) is 7.37. The first-order valence-corrected chi connectivity index (χ1v) is 6.04. The molecule has 2 amide bonds. The van der Waals surface area contributed by atoms with Gasteiger partial charge in [-0.3, -0.25) is 0 Å². The Morgan fingerprint density at radius 1 is 1.44 bits per heavy atom. The maximum atomic E-state index is 11.5. The Balaban J connectivity index is 2.52. The third-order valence-corrected chi connectivity index (χ3v) is 2.61. The van der Waals surface area contributed by atoms with Crippen LogP contribution in [0.1, 0.15) is 25.8 Å². The first-order chi connectivity index (χ1) is 8.67. The molecule has 0 spiro atoms. The van der Waals surface area contributed by atoms with Crippen LogP contribution < -0.4 is 15.4 Å². The van der Waals surface area contributed by atoms with Crippen LogP contribution in [0.2, 0.25) is 0 Å². The summed E-state index contributed by atoms with van der Waals surface area (Å²) < 4.78 is 5.21. The van der Waals surface area contributed by atoms with Gasteiger partial charge in [-0.25, -0.2) is 4.79 Å². The van der Waals surface area contributed by atoms with Crippen molar-refractivity contribution in [2.45, 2.75) is 26.3 Å². The van der Waals surface area contributed by atoms with Crippen molar-refractivity contribution >= 4 is 12.1 Å². The molecular formula is C14H20N2O2. The minimum atomic E-state index is -0.199. The molecule has 0 aliphatic carbocycles. The molecule has 0 saturated carbocycles. The lowest BCUT2D eigenvalue weighted by atomic mass is 10.2. The summed E-state index contributed by atoms with van der Waals surface area (Å²) in [5.74, 6) is 0.776. The Kier molecular flexibility index (Phi) is 5.77. The summed E-state index contributed by atoms with van der Waals surface area (Å²) in [6.07, 6.45) is 4.31. The third kappa shape index (κ3) is 4.49. The van der Waals surface area contributed by atoms with Crippen molar-refractivity contribution in [3.05, 3.63) is 36.0 Å². The first kappa shape index (κ1) is 14.1. The minimum absolute atomic E-state index is 0.171. The third-order valence-electron chi connectivity index (χ3n) is 2.61. The van der Waals surface area contributed by atoms with E-state index in [1.165, 1.54) is 0 Å². The number of rotatable bonds is 5. The average Bonchev–Trinajstić information content (AvgIpc) is 2.39. The number of methoxy groups -OCH3 is 1. The van der Waals surface area contributed by atoms with Gasteiger partial charge < -0.3 is 15.4 Å². The van der Waals surface area contributed by atoms with Crippen LogP contribution in [0.15, 0.2) is 30.5 Å². The van der Waals surface area contributed by atoms with Crippen molar-refractivity contribution in [3.63, 3.8) is 0 Å². The molecule has 2 N–H and O–H groups in total. The number of ether oxygens (including phenoxy) is 1. The zero-order valence-electron chi connectivity index (χ0n) is 11.1. The molecule has 18 heavy (non-hydrogen) atoms.